The van der Waals surface area contributed by atoms with Gasteiger partial charge in [0.2, 0.25) is 23.5 Å². The Morgan fingerprint density at radius 2 is 1.58 bits per heavy atom. The Balaban J connectivity index is 1.38. The molecule has 1 heterocycles. The van der Waals surface area contributed by atoms with Crippen LogP contribution in [0.25, 0.3) is 0 Å². The van der Waals surface area contributed by atoms with Gasteiger partial charge in [0, 0.05) is 19.5 Å². The normalized spacial score (nSPS) is 22.3. The average molecular weight is 653 g/mol. The smallest absolute Gasteiger partial charge is 0.289 e. The predicted octanol–water partition coefficient (Wildman–Crippen LogP) is 3.89. The van der Waals surface area contributed by atoms with Gasteiger partial charge in [0.15, 0.2) is 0 Å². The van der Waals surface area contributed by atoms with Gasteiger partial charge >= 0.3 is 0 Å². The number of rotatable bonds is 15. The number of likely N-dealkylation sites (tertiary alicyclic amines) is 1. The number of carbonyl (C=O) groups excluding carboxylic acids is 5. The number of piperidine rings is 1. The van der Waals surface area contributed by atoms with Crippen LogP contribution in [-0.4, -0.2) is 65.5 Å². The molecule has 254 valence electrons. The summed E-state index contributed by atoms with van der Waals surface area (Å²) in [5.74, 6) is -2.74. The molecule has 0 radical (unpaired) electrons. The van der Waals surface area contributed by atoms with Crippen molar-refractivity contribution < 1.29 is 24.0 Å². The van der Waals surface area contributed by atoms with Crippen LogP contribution in [0.3, 0.4) is 0 Å². The summed E-state index contributed by atoms with van der Waals surface area (Å²) in [4.78, 5) is 69.7. The first-order valence-corrected chi connectivity index (χ1v) is 17.0. The number of allylic oxidation sites excluding steroid dienone is 1. The number of nitrogens with one attached hydrogen (secondary N) is 3. The molecule has 48 heavy (non-hydrogen) atoms. The molecule has 6 atom stereocenters. The van der Waals surface area contributed by atoms with Crippen molar-refractivity contribution in [3.8, 4) is 0 Å². The molecule has 5 rings (SSSR count). The molecule has 4 amide bonds. The van der Waals surface area contributed by atoms with Crippen LogP contribution in [0.5, 0.6) is 0 Å². The topological polar surface area (TPSA) is 125 Å². The molecule has 0 bridgehead atoms. The van der Waals surface area contributed by atoms with Crippen LogP contribution in [0.15, 0.2) is 79.9 Å². The first-order valence-electron chi connectivity index (χ1n) is 17.0. The molecule has 3 aliphatic rings. The molecule has 3 N–H and O–H groups in total. The highest BCUT2D eigenvalue weighted by atomic mass is 16.2. The molecule has 9 nitrogen and oxygen atoms in total. The Labute approximate surface area is 283 Å². The fraction of sp³-hybridized carbons (Fsp3) is 0.462. The third kappa shape index (κ3) is 7.30. The molecule has 2 aromatic rings. The third-order valence-corrected chi connectivity index (χ3v) is 10.7. The molecule has 2 fully saturated rings. The van der Waals surface area contributed by atoms with Gasteiger partial charge in [0.05, 0.1) is 6.04 Å². The van der Waals surface area contributed by atoms with Gasteiger partial charge in [-0.1, -0.05) is 87.5 Å². The average Bonchev–Trinajstić information content (AvgIpc) is 3.44. The molecular formula is C39H48N4O5. The lowest BCUT2D eigenvalue weighted by Crippen LogP contribution is -2.59. The molecule has 1 saturated heterocycles. The van der Waals surface area contributed by atoms with Gasteiger partial charge in [-0.25, -0.2) is 0 Å². The Kier molecular flexibility index (Phi) is 10.7. The molecule has 0 spiro atoms. The summed E-state index contributed by atoms with van der Waals surface area (Å²) in [6.07, 6.45) is 5.21. The Bertz CT molecular complexity index is 1540. The second-order valence-electron chi connectivity index (χ2n) is 14.2. The van der Waals surface area contributed by atoms with E-state index in [9.17, 15) is 24.0 Å². The second kappa shape index (κ2) is 14.7. The number of fused-ring (bicyclic) bond motifs is 2. The van der Waals surface area contributed by atoms with Crippen LogP contribution < -0.4 is 16.0 Å². The van der Waals surface area contributed by atoms with Gasteiger partial charge in [-0.05, 0) is 71.5 Å². The van der Waals surface area contributed by atoms with Gasteiger partial charge in [-0.2, -0.15) is 0 Å². The highest BCUT2D eigenvalue weighted by Crippen LogP contribution is 2.65. The zero-order valence-corrected chi connectivity index (χ0v) is 28.2. The number of amides is 4. The summed E-state index contributed by atoms with van der Waals surface area (Å²) in [6.45, 7) is 14.0. The van der Waals surface area contributed by atoms with Crippen molar-refractivity contribution in [3.05, 3.63) is 96.6 Å². The van der Waals surface area contributed by atoms with E-state index in [1.54, 1.807) is 11.0 Å². The number of hydrogen-bond acceptors (Lipinski definition) is 5. The zero-order chi connectivity index (χ0) is 34.6. The quantitative estimate of drug-likeness (QED) is 0.199. The molecule has 6 unspecified atom stereocenters. The molecule has 9 heteroatoms. The number of carbonyl (C=O) groups is 5. The van der Waals surface area contributed by atoms with E-state index in [4.69, 9.17) is 0 Å². The maximum absolute atomic E-state index is 14.7. The van der Waals surface area contributed by atoms with Gasteiger partial charge in [-0.3, -0.25) is 24.0 Å². The van der Waals surface area contributed by atoms with E-state index in [0.717, 1.165) is 16.7 Å². The van der Waals surface area contributed by atoms with Crippen molar-refractivity contribution in [3.63, 3.8) is 0 Å². The van der Waals surface area contributed by atoms with E-state index in [-0.39, 0.29) is 60.3 Å². The number of nitrogens with zero attached hydrogens (tertiary/aromatic N) is 1. The summed E-state index contributed by atoms with van der Waals surface area (Å²) in [5.41, 5.74) is 3.19. The second-order valence-corrected chi connectivity index (χ2v) is 14.2. The van der Waals surface area contributed by atoms with E-state index >= 15 is 0 Å². The summed E-state index contributed by atoms with van der Waals surface area (Å²) in [7, 11) is 0. The predicted molar refractivity (Wildman–Crippen MR) is 185 cm³/mol. The van der Waals surface area contributed by atoms with E-state index < -0.39 is 35.7 Å². The summed E-state index contributed by atoms with van der Waals surface area (Å²) >= 11 is 0. The largest absolute Gasteiger partial charge is 0.346 e. The first kappa shape index (κ1) is 34.8. The minimum absolute atomic E-state index is 0.0461. The lowest BCUT2D eigenvalue weighted by molar-refractivity contribution is -0.145. The fourth-order valence-corrected chi connectivity index (χ4v) is 7.83. The van der Waals surface area contributed by atoms with E-state index in [1.165, 1.54) is 6.08 Å². The summed E-state index contributed by atoms with van der Waals surface area (Å²) in [6, 6.07) is 15.2. The Morgan fingerprint density at radius 1 is 0.938 bits per heavy atom. The lowest BCUT2D eigenvalue weighted by Gasteiger charge is -2.35. The SMILES string of the molecule is C=CCCC(NC(=O)C1C2C(CN1C(=O)C(NC(=O)CC(C)c1ccccc1)C1Cc3ccccc3C1)C2(C)C)C(=O)C(=O)NCC=C. The number of ketones is 1. The van der Waals surface area contributed by atoms with Crippen molar-refractivity contribution in [2.75, 3.05) is 13.1 Å². The Hall–Kier alpha value is -4.53. The van der Waals surface area contributed by atoms with Crippen LogP contribution in [0.4, 0.5) is 0 Å². The van der Waals surface area contributed by atoms with Crippen LogP contribution in [0.1, 0.15) is 62.6 Å². The standard InChI is InChI=1S/C39H48N4O5/c1-6-8-18-30(35(45)37(47)40-19-7-2)41-36(46)34-32-29(39(32,4)5)23-43(34)38(48)33(28-21-26-16-12-13-17-27(26)22-28)42-31(44)20-24(3)25-14-10-9-11-15-25/h6-7,9-17,24,28-30,32-34H,1-2,8,18-23H2,3-5H3,(H,40,47)(H,41,46)(H,42,44). The fourth-order valence-electron chi connectivity index (χ4n) is 7.83. The summed E-state index contributed by atoms with van der Waals surface area (Å²) < 4.78 is 0. The minimum Gasteiger partial charge on any atom is -0.346 e. The Morgan fingerprint density at radius 3 is 2.21 bits per heavy atom. The van der Waals surface area contributed by atoms with Crippen molar-refractivity contribution in [1.82, 2.24) is 20.9 Å². The van der Waals surface area contributed by atoms with Crippen LogP contribution >= 0.6 is 0 Å². The molecule has 2 aliphatic carbocycles. The molecule has 1 aliphatic heterocycles. The van der Waals surface area contributed by atoms with Crippen molar-refractivity contribution in [2.24, 2.45) is 23.2 Å². The lowest BCUT2D eigenvalue weighted by atomic mass is 9.92. The van der Waals surface area contributed by atoms with Crippen LogP contribution in [0.2, 0.25) is 0 Å². The van der Waals surface area contributed by atoms with Crippen LogP contribution in [-0.2, 0) is 36.8 Å². The van der Waals surface area contributed by atoms with Gasteiger partial charge in [0.25, 0.3) is 5.91 Å². The number of hydrogen-bond donors (Lipinski definition) is 3. The molecule has 1 saturated carbocycles. The highest BCUT2D eigenvalue weighted by Gasteiger charge is 2.69. The molecule has 0 aromatic heterocycles. The maximum atomic E-state index is 14.7. The summed E-state index contributed by atoms with van der Waals surface area (Å²) in [5, 5.41) is 8.44. The van der Waals surface area contributed by atoms with Gasteiger partial charge < -0.3 is 20.9 Å². The third-order valence-electron chi connectivity index (χ3n) is 10.7. The first-order chi connectivity index (χ1) is 23.0. The number of benzene rings is 2. The van der Waals surface area contributed by atoms with E-state index in [1.807, 2.05) is 49.4 Å². The van der Waals surface area contributed by atoms with E-state index in [2.05, 4.69) is 55.1 Å². The van der Waals surface area contributed by atoms with E-state index in [0.29, 0.717) is 25.8 Å². The highest BCUT2D eigenvalue weighted by molar-refractivity contribution is 6.38. The van der Waals surface area contributed by atoms with Crippen molar-refractivity contribution in [1.29, 1.82) is 0 Å². The number of Topliss-reactive ketones (excluding diaryl/α,β-unsaturated/α-hetero) is 1. The maximum Gasteiger partial charge on any atom is 0.289 e. The monoisotopic (exact) mass is 652 g/mol. The van der Waals surface area contributed by atoms with Crippen LogP contribution in [0, 0.1) is 23.2 Å². The zero-order valence-electron chi connectivity index (χ0n) is 28.2. The van der Waals surface area contributed by atoms with Crippen molar-refractivity contribution in [2.45, 2.75) is 76.9 Å². The van der Waals surface area contributed by atoms with Gasteiger partial charge in [0.1, 0.15) is 12.1 Å². The van der Waals surface area contributed by atoms with Gasteiger partial charge in [-0.15, -0.1) is 13.2 Å². The minimum atomic E-state index is -1.07. The van der Waals surface area contributed by atoms with Crippen molar-refractivity contribution >= 4 is 29.4 Å². The molecule has 2 aromatic carbocycles. The molecular weight excluding hydrogens is 604 g/mol.